The summed E-state index contributed by atoms with van der Waals surface area (Å²) in [5.41, 5.74) is 12.7. The molecule has 2 aromatic carbocycles. The van der Waals surface area contributed by atoms with Gasteiger partial charge < -0.3 is 31.7 Å². The second-order valence-electron chi connectivity index (χ2n) is 9.42. The predicted molar refractivity (Wildman–Crippen MR) is 148 cm³/mol. The van der Waals surface area contributed by atoms with Crippen LogP contribution in [-0.4, -0.2) is 65.4 Å². The molecule has 2 aromatic rings. The topological polar surface area (TPSA) is 154 Å². The lowest BCUT2D eigenvalue weighted by molar-refractivity contribution is -0.136. The molecule has 200 valence electrons. The van der Waals surface area contributed by atoms with Gasteiger partial charge in [-0.3, -0.25) is 14.6 Å². The second-order valence-corrected chi connectivity index (χ2v) is 9.42. The molecule has 1 aliphatic carbocycles. The first kappa shape index (κ1) is 30.2. The number of aryl methyl sites for hydroxylation is 1. The van der Waals surface area contributed by atoms with Crippen LogP contribution in [0.1, 0.15) is 43.2 Å². The molecule has 0 unspecified atom stereocenters. The summed E-state index contributed by atoms with van der Waals surface area (Å²) in [7, 11) is -1.74. The van der Waals surface area contributed by atoms with Gasteiger partial charge in [0.15, 0.2) is 5.96 Å². The van der Waals surface area contributed by atoms with Gasteiger partial charge in [-0.1, -0.05) is 60.7 Å². The zero-order valence-electron chi connectivity index (χ0n) is 21.0. The number of carbonyl (C=O) groups is 2. The van der Waals surface area contributed by atoms with Crippen LogP contribution in [0.15, 0.2) is 65.7 Å². The van der Waals surface area contributed by atoms with Crippen LogP contribution in [0.3, 0.4) is 0 Å². The van der Waals surface area contributed by atoms with E-state index in [1.54, 1.807) is 4.90 Å². The van der Waals surface area contributed by atoms with Crippen molar-refractivity contribution in [1.82, 2.24) is 10.2 Å². The van der Waals surface area contributed by atoms with Gasteiger partial charge in [-0.05, 0) is 43.2 Å². The highest BCUT2D eigenvalue weighted by Gasteiger charge is 2.46. The van der Waals surface area contributed by atoms with Crippen molar-refractivity contribution in [2.45, 2.75) is 49.9 Å². The molecule has 9 nitrogen and oxygen atoms in total. The summed E-state index contributed by atoms with van der Waals surface area (Å²) in [6, 6.07) is 19.8. The van der Waals surface area contributed by atoms with Gasteiger partial charge in [0, 0.05) is 24.9 Å². The first-order valence-corrected chi connectivity index (χ1v) is 12.4. The molecule has 0 bridgehead atoms. The average Bonchev–Trinajstić information content (AvgIpc) is 3.65. The minimum Gasteiger partial charge on any atom is -0.426 e. The Morgan fingerprint density at radius 3 is 2.24 bits per heavy atom. The summed E-state index contributed by atoms with van der Waals surface area (Å²) in [5, 5.41) is 22.2. The summed E-state index contributed by atoms with van der Waals surface area (Å²) >= 11 is 0. The number of hydrogen-bond acceptors (Lipinski definition) is 5. The molecule has 3 rings (SSSR count). The number of aliphatic imine (C=N–C) groups is 1. The standard InChI is InChI=1S/C26H36BN5O4.ClH/c28-25(29)30-17-7-12-22(27(35)36)31-23(33)18-32(24(34)14-13-20-8-3-1-4-9-20)19-26(15-16-26)21-10-5-2-6-11-21;/h1-6,8-11,22,35-36H,7,12-19H2,(H,31,33)(H4,28,29,30);1H/t22-;/m0./s1. The van der Waals surface area contributed by atoms with E-state index in [-0.39, 0.29) is 49.1 Å². The number of amides is 2. The number of hydrogen-bond donors (Lipinski definition) is 5. The number of nitrogens with one attached hydrogen (secondary N) is 1. The van der Waals surface area contributed by atoms with Crippen molar-refractivity contribution in [3.05, 3.63) is 71.8 Å². The zero-order valence-corrected chi connectivity index (χ0v) is 21.8. The monoisotopic (exact) mass is 529 g/mol. The van der Waals surface area contributed by atoms with Crippen LogP contribution in [0.4, 0.5) is 0 Å². The predicted octanol–water partition coefficient (Wildman–Crippen LogP) is 1.15. The molecule has 0 aromatic heterocycles. The SMILES string of the molecule is Cl.NC(N)=NCCC[C@H](NC(=O)CN(CC1(c2ccccc2)CC1)C(=O)CCc1ccccc1)B(O)O. The molecule has 11 heteroatoms. The molecule has 37 heavy (non-hydrogen) atoms. The van der Waals surface area contributed by atoms with Crippen LogP contribution >= 0.6 is 12.4 Å². The molecular weight excluding hydrogens is 493 g/mol. The largest absolute Gasteiger partial charge is 0.475 e. The van der Waals surface area contributed by atoms with Gasteiger partial charge in [-0.15, -0.1) is 12.4 Å². The van der Waals surface area contributed by atoms with Gasteiger partial charge in [0.2, 0.25) is 11.8 Å². The highest BCUT2D eigenvalue weighted by molar-refractivity contribution is 6.43. The Morgan fingerprint density at radius 1 is 1.05 bits per heavy atom. The van der Waals surface area contributed by atoms with Crippen molar-refractivity contribution in [2.75, 3.05) is 19.6 Å². The fourth-order valence-corrected chi connectivity index (χ4v) is 4.37. The number of nitrogens with zero attached hydrogens (tertiary/aromatic N) is 2. The maximum atomic E-state index is 13.3. The molecular formula is C26H37BClN5O4. The van der Waals surface area contributed by atoms with Gasteiger partial charge in [0.1, 0.15) is 0 Å². The molecule has 1 aliphatic rings. The smallest absolute Gasteiger partial charge is 0.426 e. The van der Waals surface area contributed by atoms with Crippen molar-refractivity contribution in [3.63, 3.8) is 0 Å². The number of halogens is 1. The number of nitrogens with two attached hydrogens (primary N) is 2. The van der Waals surface area contributed by atoms with E-state index in [2.05, 4.69) is 22.4 Å². The quantitative estimate of drug-likeness (QED) is 0.107. The van der Waals surface area contributed by atoms with E-state index in [9.17, 15) is 19.6 Å². The van der Waals surface area contributed by atoms with Crippen molar-refractivity contribution in [1.29, 1.82) is 0 Å². The highest BCUT2D eigenvalue weighted by atomic mass is 35.5. The number of guanidine groups is 1. The Balaban J connectivity index is 0.00000481. The van der Waals surface area contributed by atoms with E-state index in [1.807, 2.05) is 48.5 Å². The molecule has 7 N–H and O–H groups in total. The van der Waals surface area contributed by atoms with Crippen LogP contribution in [-0.2, 0) is 21.4 Å². The Bertz CT molecular complexity index is 1020. The third-order valence-electron chi connectivity index (χ3n) is 6.56. The van der Waals surface area contributed by atoms with E-state index in [0.717, 1.165) is 24.0 Å². The molecule has 0 spiro atoms. The van der Waals surface area contributed by atoms with E-state index < -0.39 is 19.0 Å². The van der Waals surface area contributed by atoms with E-state index in [4.69, 9.17) is 11.5 Å². The molecule has 0 aliphatic heterocycles. The minimum absolute atomic E-state index is 0. The molecule has 1 fully saturated rings. The number of benzene rings is 2. The van der Waals surface area contributed by atoms with E-state index in [0.29, 0.717) is 25.9 Å². The lowest BCUT2D eigenvalue weighted by Crippen LogP contribution is -2.51. The van der Waals surface area contributed by atoms with Crippen LogP contribution in [0.2, 0.25) is 0 Å². The molecule has 0 saturated heterocycles. The zero-order chi connectivity index (χ0) is 26.0. The van der Waals surface area contributed by atoms with Crippen LogP contribution in [0.25, 0.3) is 0 Å². The van der Waals surface area contributed by atoms with Gasteiger partial charge >= 0.3 is 7.12 Å². The average molecular weight is 530 g/mol. The first-order chi connectivity index (χ1) is 17.3. The Labute approximate surface area is 224 Å². The van der Waals surface area contributed by atoms with E-state index in [1.165, 1.54) is 0 Å². The summed E-state index contributed by atoms with van der Waals surface area (Å²) in [4.78, 5) is 31.7. The van der Waals surface area contributed by atoms with Crippen LogP contribution in [0, 0.1) is 0 Å². The molecule has 0 radical (unpaired) electrons. The fraction of sp³-hybridized carbons (Fsp3) is 0.423. The van der Waals surface area contributed by atoms with E-state index >= 15 is 0 Å². The Kier molecular flexibility index (Phi) is 11.9. The molecule has 1 atom stereocenters. The lowest BCUT2D eigenvalue weighted by atomic mass is 9.76. The third kappa shape index (κ3) is 9.72. The van der Waals surface area contributed by atoms with Gasteiger partial charge in [-0.2, -0.15) is 0 Å². The number of rotatable bonds is 14. The van der Waals surface area contributed by atoms with Crippen molar-refractivity contribution in [3.8, 4) is 0 Å². The molecule has 1 saturated carbocycles. The summed E-state index contributed by atoms with van der Waals surface area (Å²) in [5.74, 6) is -1.48. The summed E-state index contributed by atoms with van der Waals surface area (Å²) in [6.07, 6.45) is 3.49. The van der Waals surface area contributed by atoms with Gasteiger partial charge in [0.25, 0.3) is 0 Å². The van der Waals surface area contributed by atoms with Crippen LogP contribution < -0.4 is 16.8 Å². The third-order valence-corrected chi connectivity index (χ3v) is 6.56. The lowest BCUT2D eigenvalue weighted by Gasteiger charge is -2.29. The first-order valence-electron chi connectivity index (χ1n) is 12.4. The fourth-order valence-electron chi connectivity index (χ4n) is 4.37. The van der Waals surface area contributed by atoms with Gasteiger partial charge in [-0.25, -0.2) is 0 Å². The highest BCUT2D eigenvalue weighted by Crippen LogP contribution is 2.48. The Hall–Kier alpha value is -3.08. The summed E-state index contributed by atoms with van der Waals surface area (Å²) in [6.45, 7) is 0.597. The van der Waals surface area contributed by atoms with Crippen molar-refractivity contribution in [2.24, 2.45) is 16.5 Å². The van der Waals surface area contributed by atoms with Crippen LogP contribution in [0.5, 0.6) is 0 Å². The van der Waals surface area contributed by atoms with Gasteiger partial charge in [0.05, 0.1) is 12.5 Å². The maximum absolute atomic E-state index is 13.3. The van der Waals surface area contributed by atoms with Crippen molar-refractivity contribution < 1.29 is 19.6 Å². The molecule has 0 heterocycles. The van der Waals surface area contributed by atoms with Crippen molar-refractivity contribution >= 4 is 37.3 Å². The normalized spacial score (nSPS) is 14.0. The Morgan fingerprint density at radius 2 is 1.68 bits per heavy atom. The molecule has 2 amide bonds. The summed E-state index contributed by atoms with van der Waals surface area (Å²) < 4.78 is 0. The second kappa shape index (κ2) is 14.6. The maximum Gasteiger partial charge on any atom is 0.475 e. The minimum atomic E-state index is -1.74. The number of carbonyl (C=O) groups excluding carboxylic acids is 2.